The van der Waals surface area contributed by atoms with Crippen LogP contribution in [0.2, 0.25) is 0 Å². The van der Waals surface area contributed by atoms with Gasteiger partial charge in [0.25, 0.3) is 0 Å². The molecule has 122 valence electrons. The van der Waals surface area contributed by atoms with Crippen LogP contribution in [0.5, 0.6) is 0 Å². The highest BCUT2D eigenvalue weighted by molar-refractivity contribution is 7.99. The molecule has 2 aromatic rings. The van der Waals surface area contributed by atoms with E-state index < -0.39 is 0 Å². The van der Waals surface area contributed by atoms with Gasteiger partial charge in [-0.1, -0.05) is 18.2 Å². The van der Waals surface area contributed by atoms with Crippen molar-refractivity contribution in [3.8, 4) is 5.69 Å². The molecule has 7 heteroatoms. The van der Waals surface area contributed by atoms with Crippen molar-refractivity contribution in [1.29, 1.82) is 0 Å². The van der Waals surface area contributed by atoms with Crippen LogP contribution in [-0.4, -0.2) is 39.9 Å². The number of thioether (sulfide) groups is 1. The average molecular weight is 331 g/mol. The number of nitrogen functional groups attached to an aromatic ring is 1. The summed E-state index contributed by atoms with van der Waals surface area (Å²) in [5.74, 6) is 2.42. The van der Waals surface area contributed by atoms with Crippen molar-refractivity contribution < 1.29 is 4.79 Å². The van der Waals surface area contributed by atoms with Crippen molar-refractivity contribution in [1.82, 2.24) is 20.4 Å². The fraction of sp³-hybridized carbons (Fsp3) is 0.375. The summed E-state index contributed by atoms with van der Waals surface area (Å²) in [5, 5.41) is 10.7. The van der Waals surface area contributed by atoms with Crippen LogP contribution in [0.15, 0.2) is 36.4 Å². The molecule has 0 radical (unpaired) electrons. The summed E-state index contributed by atoms with van der Waals surface area (Å²) >= 11 is 1.75. The molecule has 0 spiro atoms. The molecule has 1 fully saturated rings. The number of aryl methyl sites for hydroxylation is 1. The SMILES string of the molecule is Nc1cc(CCCNC(=O)C2CSCN2)nn1-c1ccccc1. The first kappa shape index (κ1) is 15.9. The summed E-state index contributed by atoms with van der Waals surface area (Å²) in [4.78, 5) is 11.9. The molecule has 23 heavy (non-hydrogen) atoms. The van der Waals surface area contributed by atoms with Crippen molar-refractivity contribution in [2.24, 2.45) is 0 Å². The fourth-order valence-corrected chi connectivity index (χ4v) is 3.45. The summed E-state index contributed by atoms with van der Waals surface area (Å²) in [7, 11) is 0. The summed E-state index contributed by atoms with van der Waals surface area (Å²) in [6, 6.07) is 11.7. The first-order valence-corrected chi connectivity index (χ1v) is 8.88. The van der Waals surface area contributed by atoms with Gasteiger partial charge in [0.15, 0.2) is 0 Å². The number of hydrogen-bond acceptors (Lipinski definition) is 5. The summed E-state index contributed by atoms with van der Waals surface area (Å²) < 4.78 is 1.74. The van der Waals surface area contributed by atoms with E-state index in [9.17, 15) is 4.79 Å². The highest BCUT2D eigenvalue weighted by Crippen LogP contribution is 2.15. The Balaban J connectivity index is 1.48. The van der Waals surface area contributed by atoms with Crippen LogP contribution in [0.1, 0.15) is 12.1 Å². The second kappa shape index (κ2) is 7.52. The Hall–Kier alpha value is -1.99. The van der Waals surface area contributed by atoms with Gasteiger partial charge in [0, 0.05) is 24.2 Å². The predicted molar refractivity (Wildman–Crippen MR) is 93.6 cm³/mol. The quantitative estimate of drug-likeness (QED) is 0.692. The first-order valence-electron chi connectivity index (χ1n) is 7.73. The fourth-order valence-electron chi connectivity index (χ4n) is 2.51. The monoisotopic (exact) mass is 331 g/mol. The first-order chi connectivity index (χ1) is 11.2. The second-order valence-corrected chi connectivity index (χ2v) is 6.50. The maximum absolute atomic E-state index is 11.9. The van der Waals surface area contributed by atoms with Crippen molar-refractivity contribution in [3.63, 3.8) is 0 Å². The zero-order valence-electron chi connectivity index (χ0n) is 12.9. The molecule has 1 aromatic heterocycles. The molecule has 1 aromatic carbocycles. The minimum absolute atomic E-state index is 0.0482. The molecule has 1 saturated heterocycles. The number of aromatic nitrogens is 2. The van der Waals surface area contributed by atoms with E-state index in [1.165, 1.54) is 0 Å². The Bertz CT molecular complexity index is 652. The van der Waals surface area contributed by atoms with Crippen molar-refractivity contribution >= 4 is 23.5 Å². The van der Waals surface area contributed by atoms with Gasteiger partial charge in [-0.3, -0.25) is 10.1 Å². The summed E-state index contributed by atoms with van der Waals surface area (Å²) in [6.45, 7) is 0.653. The van der Waals surface area contributed by atoms with E-state index in [2.05, 4.69) is 15.7 Å². The third-order valence-electron chi connectivity index (χ3n) is 3.73. The molecule has 3 rings (SSSR count). The number of nitrogens with zero attached hydrogens (tertiary/aromatic N) is 2. The lowest BCUT2D eigenvalue weighted by atomic mass is 10.2. The Morgan fingerprint density at radius 2 is 2.26 bits per heavy atom. The van der Waals surface area contributed by atoms with Crippen molar-refractivity contribution in [2.45, 2.75) is 18.9 Å². The van der Waals surface area contributed by atoms with Crippen LogP contribution in [0, 0.1) is 0 Å². The molecular weight excluding hydrogens is 310 g/mol. The smallest absolute Gasteiger partial charge is 0.238 e. The van der Waals surface area contributed by atoms with Gasteiger partial charge in [-0.05, 0) is 25.0 Å². The van der Waals surface area contributed by atoms with Crippen LogP contribution in [0.4, 0.5) is 5.82 Å². The third kappa shape index (κ3) is 4.05. The second-order valence-electron chi connectivity index (χ2n) is 5.47. The lowest BCUT2D eigenvalue weighted by Crippen LogP contribution is -2.42. The number of benzene rings is 1. The van der Waals surface area contributed by atoms with Gasteiger partial charge < -0.3 is 11.1 Å². The van der Waals surface area contributed by atoms with Crippen LogP contribution in [0.25, 0.3) is 5.69 Å². The van der Waals surface area contributed by atoms with E-state index in [0.29, 0.717) is 12.4 Å². The van der Waals surface area contributed by atoms with E-state index in [1.54, 1.807) is 16.4 Å². The van der Waals surface area contributed by atoms with E-state index in [4.69, 9.17) is 5.73 Å². The number of rotatable bonds is 6. The van der Waals surface area contributed by atoms with Gasteiger partial charge >= 0.3 is 0 Å². The van der Waals surface area contributed by atoms with Crippen LogP contribution in [0.3, 0.4) is 0 Å². The Morgan fingerprint density at radius 3 is 3.00 bits per heavy atom. The lowest BCUT2D eigenvalue weighted by Gasteiger charge is -2.09. The summed E-state index contributed by atoms with van der Waals surface area (Å²) in [6.07, 6.45) is 1.63. The Morgan fingerprint density at radius 1 is 1.43 bits per heavy atom. The molecule has 1 aliphatic rings. The number of carbonyl (C=O) groups is 1. The molecule has 1 aliphatic heterocycles. The molecule has 6 nitrogen and oxygen atoms in total. The summed E-state index contributed by atoms with van der Waals surface area (Å²) in [5.41, 5.74) is 7.92. The highest BCUT2D eigenvalue weighted by Gasteiger charge is 2.21. The van der Waals surface area contributed by atoms with Gasteiger partial charge in [-0.15, -0.1) is 11.8 Å². The average Bonchev–Trinajstić information content (AvgIpc) is 3.22. The van der Waals surface area contributed by atoms with Gasteiger partial charge in [-0.25, -0.2) is 4.68 Å². The molecule has 0 aliphatic carbocycles. The Labute approximate surface area is 139 Å². The van der Waals surface area contributed by atoms with Gasteiger partial charge in [0.2, 0.25) is 5.91 Å². The Kier molecular flexibility index (Phi) is 5.19. The highest BCUT2D eigenvalue weighted by atomic mass is 32.2. The number of nitrogens with one attached hydrogen (secondary N) is 2. The van der Waals surface area contributed by atoms with Gasteiger partial charge in [0.05, 0.1) is 17.4 Å². The zero-order chi connectivity index (χ0) is 16.1. The topological polar surface area (TPSA) is 85.0 Å². The molecule has 1 amide bonds. The van der Waals surface area contributed by atoms with E-state index in [-0.39, 0.29) is 11.9 Å². The van der Waals surface area contributed by atoms with Crippen LogP contribution in [-0.2, 0) is 11.2 Å². The minimum atomic E-state index is -0.0482. The number of hydrogen-bond donors (Lipinski definition) is 3. The number of carbonyl (C=O) groups excluding carboxylic acids is 1. The van der Waals surface area contributed by atoms with E-state index in [1.807, 2.05) is 36.4 Å². The molecule has 2 heterocycles. The van der Waals surface area contributed by atoms with E-state index in [0.717, 1.165) is 35.9 Å². The third-order valence-corrected chi connectivity index (χ3v) is 4.67. The van der Waals surface area contributed by atoms with Crippen molar-refractivity contribution in [3.05, 3.63) is 42.1 Å². The molecule has 4 N–H and O–H groups in total. The van der Waals surface area contributed by atoms with Crippen LogP contribution >= 0.6 is 11.8 Å². The molecule has 1 atom stereocenters. The van der Waals surface area contributed by atoms with E-state index >= 15 is 0 Å². The lowest BCUT2D eigenvalue weighted by molar-refractivity contribution is -0.122. The maximum Gasteiger partial charge on any atom is 0.238 e. The van der Waals surface area contributed by atoms with Gasteiger partial charge in [-0.2, -0.15) is 5.10 Å². The largest absolute Gasteiger partial charge is 0.384 e. The van der Waals surface area contributed by atoms with Crippen LogP contribution < -0.4 is 16.4 Å². The minimum Gasteiger partial charge on any atom is -0.384 e. The number of amides is 1. The molecular formula is C16H21N5OS. The molecule has 0 saturated carbocycles. The maximum atomic E-state index is 11.9. The normalized spacial score (nSPS) is 17.3. The number of para-hydroxylation sites is 1. The van der Waals surface area contributed by atoms with Gasteiger partial charge in [0.1, 0.15) is 5.82 Å². The molecule has 1 unspecified atom stereocenters. The predicted octanol–water partition coefficient (Wildman–Crippen LogP) is 1.17. The number of anilines is 1. The zero-order valence-corrected chi connectivity index (χ0v) is 13.7. The standard InChI is InChI=1S/C16H21N5OS/c17-15-9-12(20-21(15)13-6-2-1-3-7-13)5-4-8-18-16(22)14-10-23-11-19-14/h1-3,6-7,9,14,19H,4-5,8,10-11,17H2,(H,18,22). The van der Waals surface area contributed by atoms with Crippen molar-refractivity contribution in [2.75, 3.05) is 23.9 Å². The molecule has 0 bridgehead atoms. The number of nitrogens with two attached hydrogens (primary N) is 1.